The van der Waals surface area contributed by atoms with E-state index in [-0.39, 0.29) is 23.4 Å². The van der Waals surface area contributed by atoms with E-state index >= 15 is 0 Å². The molecule has 0 N–H and O–H groups in total. The zero-order valence-electron chi connectivity index (χ0n) is 11.7. The van der Waals surface area contributed by atoms with E-state index in [1.807, 2.05) is 11.9 Å². The van der Waals surface area contributed by atoms with Crippen LogP contribution >= 0.6 is 11.6 Å². The number of hydrogen-bond acceptors (Lipinski definition) is 5. The van der Waals surface area contributed by atoms with Crippen LogP contribution in [0, 0.1) is 0 Å². The molecular formula is C13H19ClN4O. The summed E-state index contributed by atoms with van der Waals surface area (Å²) in [4.78, 5) is 23.9. The summed E-state index contributed by atoms with van der Waals surface area (Å²) >= 11 is 5.92. The smallest absolute Gasteiger partial charge is 0.224 e. The fraction of sp³-hybridized carbons (Fsp3) is 0.615. The van der Waals surface area contributed by atoms with Gasteiger partial charge in [-0.2, -0.15) is 4.98 Å². The van der Waals surface area contributed by atoms with Gasteiger partial charge in [0.25, 0.3) is 0 Å². The Morgan fingerprint density at radius 2 is 2.21 bits per heavy atom. The van der Waals surface area contributed by atoms with E-state index in [0.717, 1.165) is 24.2 Å². The summed E-state index contributed by atoms with van der Waals surface area (Å²) in [7, 11) is 1.90. The third-order valence-corrected chi connectivity index (χ3v) is 3.84. The van der Waals surface area contributed by atoms with Gasteiger partial charge in [0.05, 0.1) is 17.9 Å². The van der Waals surface area contributed by atoms with Crippen LogP contribution in [-0.4, -0.2) is 41.4 Å². The molecule has 0 spiro atoms. The zero-order valence-corrected chi connectivity index (χ0v) is 12.4. The van der Waals surface area contributed by atoms with Crippen LogP contribution in [0.2, 0.25) is 5.28 Å². The summed E-state index contributed by atoms with van der Waals surface area (Å²) < 4.78 is 0. The molecule has 2 heterocycles. The molecule has 0 aliphatic carbocycles. The minimum Gasteiger partial charge on any atom is -0.359 e. The summed E-state index contributed by atoms with van der Waals surface area (Å²) in [5.41, 5.74) is 0.847. The monoisotopic (exact) mass is 282 g/mol. The molecule has 1 aromatic rings. The van der Waals surface area contributed by atoms with E-state index in [1.165, 1.54) is 0 Å². The van der Waals surface area contributed by atoms with E-state index in [9.17, 15) is 4.79 Å². The molecule has 2 unspecified atom stereocenters. The molecule has 0 amide bonds. The number of anilines is 2. The molecule has 19 heavy (non-hydrogen) atoms. The molecule has 1 aromatic heterocycles. The number of nitrogens with zero attached hydrogens (tertiary/aromatic N) is 4. The largest absolute Gasteiger partial charge is 0.359 e. The van der Waals surface area contributed by atoms with Crippen LogP contribution in [0.15, 0.2) is 6.20 Å². The molecule has 0 aromatic carbocycles. The lowest BCUT2D eigenvalue weighted by molar-refractivity contribution is -0.109. The molecule has 0 fully saturated rings. The third-order valence-electron chi connectivity index (χ3n) is 3.66. The van der Waals surface area contributed by atoms with Crippen LogP contribution in [0.5, 0.6) is 0 Å². The highest BCUT2D eigenvalue weighted by molar-refractivity contribution is 6.28. The van der Waals surface area contributed by atoms with Crippen molar-refractivity contribution < 1.29 is 4.79 Å². The van der Waals surface area contributed by atoms with Gasteiger partial charge in [-0.1, -0.05) is 6.92 Å². The number of carbonyl (C=O) groups excluding carboxylic acids is 1. The molecule has 0 bridgehead atoms. The number of likely N-dealkylation sites (N-methyl/N-ethyl adjacent to an activating group) is 1. The molecule has 6 heteroatoms. The molecule has 0 radical (unpaired) electrons. The number of aromatic nitrogens is 2. The van der Waals surface area contributed by atoms with E-state index < -0.39 is 0 Å². The lowest BCUT2D eigenvalue weighted by Gasteiger charge is -2.47. The predicted octanol–water partition coefficient (Wildman–Crippen LogP) is 2.14. The average Bonchev–Trinajstić information content (AvgIpc) is 2.37. The van der Waals surface area contributed by atoms with E-state index in [0.29, 0.717) is 0 Å². The van der Waals surface area contributed by atoms with E-state index in [4.69, 9.17) is 11.6 Å². The maximum absolute atomic E-state index is 11.4. The summed E-state index contributed by atoms with van der Waals surface area (Å²) in [6.45, 7) is 6.27. The molecule has 2 atom stereocenters. The van der Waals surface area contributed by atoms with Crippen LogP contribution in [0.1, 0.15) is 27.2 Å². The Bertz CT molecular complexity index is 480. The van der Waals surface area contributed by atoms with Crippen molar-refractivity contribution in [1.29, 1.82) is 0 Å². The summed E-state index contributed by atoms with van der Waals surface area (Å²) in [5.74, 6) is 0.808. The summed E-state index contributed by atoms with van der Waals surface area (Å²) in [5, 5.41) is 0.234. The van der Waals surface area contributed by atoms with Gasteiger partial charge in [-0.05, 0) is 31.9 Å². The first-order valence-electron chi connectivity index (χ1n) is 6.50. The van der Waals surface area contributed by atoms with Gasteiger partial charge in [-0.15, -0.1) is 0 Å². The predicted molar refractivity (Wildman–Crippen MR) is 77.0 cm³/mol. The Morgan fingerprint density at radius 1 is 1.53 bits per heavy atom. The number of carbonyl (C=O) groups is 1. The van der Waals surface area contributed by atoms with E-state index in [1.54, 1.807) is 6.20 Å². The van der Waals surface area contributed by atoms with Gasteiger partial charge >= 0.3 is 0 Å². The van der Waals surface area contributed by atoms with Crippen molar-refractivity contribution in [3.63, 3.8) is 0 Å². The standard InChI is InChI=1S/C13H19ClN4O/c1-5-9-11(7-19)17(4)10-6-15-13(14)16-12(10)18(9)8(2)3/h6-9,11H,5H2,1-4H3. The van der Waals surface area contributed by atoms with Crippen LogP contribution < -0.4 is 9.80 Å². The van der Waals surface area contributed by atoms with Crippen molar-refractivity contribution in [2.75, 3.05) is 16.8 Å². The van der Waals surface area contributed by atoms with Gasteiger partial charge in [0.2, 0.25) is 5.28 Å². The Labute approximate surface area is 118 Å². The fourth-order valence-corrected chi connectivity index (χ4v) is 2.90. The second-order valence-electron chi connectivity index (χ2n) is 5.06. The minimum atomic E-state index is -0.190. The molecule has 104 valence electrons. The van der Waals surface area contributed by atoms with Crippen molar-refractivity contribution in [1.82, 2.24) is 9.97 Å². The Balaban J connectivity index is 2.60. The maximum Gasteiger partial charge on any atom is 0.224 e. The summed E-state index contributed by atoms with van der Waals surface area (Å²) in [6, 6.07) is 0.149. The number of halogens is 1. The van der Waals surface area contributed by atoms with Crippen LogP contribution in [0.25, 0.3) is 0 Å². The van der Waals surface area contributed by atoms with Crippen LogP contribution in [-0.2, 0) is 4.79 Å². The lowest BCUT2D eigenvalue weighted by atomic mass is 9.98. The highest BCUT2D eigenvalue weighted by Gasteiger charge is 2.38. The second-order valence-corrected chi connectivity index (χ2v) is 5.40. The molecular weight excluding hydrogens is 264 g/mol. The first-order valence-corrected chi connectivity index (χ1v) is 6.88. The Morgan fingerprint density at radius 3 is 2.74 bits per heavy atom. The first-order chi connectivity index (χ1) is 9.01. The molecule has 0 saturated heterocycles. The normalized spacial score (nSPS) is 22.6. The van der Waals surface area contributed by atoms with Crippen molar-refractivity contribution in [3.8, 4) is 0 Å². The highest BCUT2D eigenvalue weighted by atomic mass is 35.5. The van der Waals surface area contributed by atoms with Crippen molar-refractivity contribution in [3.05, 3.63) is 11.5 Å². The molecule has 0 saturated carbocycles. The minimum absolute atomic E-state index is 0.0981. The second kappa shape index (κ2) is 5.33. The number of hydrogen-bond donors (Lipinski definition) is 0. The number of aldehydes is 1. The third kappa shape index (κ3) is 2.27. The lowest BCUT2D eigenvalue weighted by Crippen LogP contribution is -2.58. The Kier molecular flexibility index (Phi) is 3.94. The van der Waals surface area contributed by atoms with Gasteiger partial charge < -0.3 is 14.6 Å². The topological polar surface area (TPSA) is 49.3 Å². The van der Waals surface area contributed by atoms with E-state index in [2.05, 4.69) is 35.6 Å². The van der Waals surface area contributed by atoms with Gasteiger partial charge in [0.1, 0.15) is 12.3 Å². The molecule has 1 aliphatic rings. The first kappa shape index (κ1) is 14.1. The molecule has 2 rings (SSSR count). The average molecular weight is 283 g/mol. The fourth-order valence-electron chi connectivity index (χ4n) is 2.77. The molecule has 1 aliphatic heterocycles. The zero-order chi connectivity index (χ0) is 14.2. The Hall–Kier alpha value is -1.36. The van der Waals surface area contributed by atoms with Crippen molar-refractivity contribution in [2.24, 2.45) is 0 Å². The maximum atomic E-state index is 11.4. The number of fused-ring (bicyclic) bond motifs is 1. The van der Waals surface area contributed by atoms with Gasteiger partial charge in [0.15, 0.2) is 5.82 Å². The number of rotatable bonds is 3. The van der Waals surface area contributed by atoms with Crippen LogP contribution in [0.3, 0.4) is 0 Å². The molecule has 5 nitrogen and oxygen atoms in total. The quantitative estimate of drug-likeness (QED) is 0.628. The van der Waals surface area contributed by atoms with Crippen molar-refractivity contribution >= 4 is 29.4 Å². The van der Waals surface area contributed by atoms with Crippen molar-refractivity contribution in [2.45, 2.75) is 45.3 Å². The summed E-state index contributed by atoms with van der Waals surface area (Å²) in [6.07, 6.45) is 3.55. The van der Waals surface area contributed by atoms with Gasteiger partial charge in [-0.3, -0.25) is 0 Å². The van der Waals surface area contributed by atoms with Gasteiger partial charge in [-0.25, -0.2) is 4.98 Å². The van der Waals surface area contributed by atoms with Crippen LogP contribution in [0.4, 0.5) is 11.5 Å². The highest BCUT2D eigenvalue weighted by Crippen LogP contribution is 2.37. The SMILES string of the molecule is CCC1C(C=O)N(C)c2cnc(Cl)nc2N1C(C)C. The van der Waals surface area contributed by atoms with Gasteiger partial charge in [0, 0.05) is 13.1 Å².